The molecule has 0 bridgehead atoms. The number of rotatable bonds is 2. The second-order valence-corrected chi connectivity index (χ2v) is 3.59. The highest BCUT2D eigenvalue weighted by Crippen LogP contribution is 2.13. The van der Waals surface area contributed by atoms with E-state index in [0.717, 1.165) is 11.1 Å². The van der Waals surface area contributed by atoms with E-state index in [1.807, 2.05) is 36.4 Å². The Kier molecular flexibility index (Phi) is 2.98. The quantitative estimate of drug-likeness (QED) is 0.747. The van der Waals surface area contributed by atoms with Crippen molar-refractivity contribution in [2.24, 2.45) is 0 Å². The highest BCUT2D eigenvalue weighted by atomic mass is 19.1. The molecule has 0 N–H and O–H groups in total. The molecule has 0 aromatic heterocycles. The summed E-state index contributed by atoms with van der Waals surface area (Å²) in [4.78, 5) is 0. The number of halogens is 1. The molecule has 0 saturated carbocycles. The molecule has 0 unspecified atom stereocenters. The fourth-order valence-electron chi connectivity index (χ4n) is 1.59. The Morgan fingerprint density at radius 1 is 1.00 bits per heavy atom. The number of benzene rings is 2. The van der Waals surface area contributed by atoms with Crippen LogP contribution in [-0.2, 0) is 6.42 Å². The highest BCUT2D eigenvalue weighted by Gasteiger charge is 2.03. The lowest BCUT2D eigenvalue weighted by Gasteiger charge is -2.02. The molecule has 0 aliphatic heterocycles. The first-order valence-corrected chi connectivity index (χ1v) is 5.02. The van der Waals surface area contributed by atoms with Crippen LogP contribution in [0.1, 0.15) is 16.7 Å². The van der Waals surface area contributed by atoms with Crippen LogP contribution in [0.25, 0.3) is 0 Å². The first kappa shape index (κ1) is 10.4. The summed E-state index contributed by atoms with van der Waals surface area (Å²) in [5.41, 5.74) is 2.10. The van der Waals surface area contributed by atoms with E-state index in [9.17, 15) is 4.39 Å². The second-order valence-electron chi connectivity index (χ2n) is 3.59. The van der Waals surface area contributed by atoms with Gasteiger partial charge in [0.15, 0.2) is 0 Å². The van der Waals surface area contributed by atoms with Crippen LogP contribution in [0.2, 0.25) is 0 Å². The molecule has 2 aromatic rings. The van der Waals surface area contributed by atoms with Gasteiger partial charge >= 0.3 is 0 Å². The largest absolute Gasteiger partial charge is 0.206 e. The number of nitriles is 1. The Labute approximate surface area is 93.8 Å². The summed E-state index contributed by atoms with van der Waals surface area (Å²) in [5, 5.41) is 8.61. The predicted octanol–water partition coefficient (Wildman–Crippen LogP) is 3.29. The maximum absolute atomic E-state index is 13.3. The van der Waals surface area contributed by atoms with Gasteiger partial charge in [0.05, 0.1) is 5.56 Å². The van der Waals surface area contributed by atoms with E-state index in [0.29, 0.717) is 6.42 Å². The molecule has 0 aliphatic carbocycles. The summed E-state index contributed by atoms with van der Waals surface area (Å²) in [5.74, 6) is -0.448. The predicted molar refractivity (Wildman–Crippen MR) is 60.4 cm³/mol. The van der Waals surface area contributed by atoms with Crippen LogP contribution in [0.3, 0.4) is 0 Å². The fourth-order valence-corrected chi connectivity index (χ4v) is 1.59. The van der Waals surface area contributed by atoms with Crippen molar-refractivity contribution in [1.29, 1.82) is 5.26 Å². The molecule has 0 atom stereocenters. The third-order valence-corrected chi connectivity index (χ3v) is 2.41. The second kappa shape index (κ2) is 4.59. The molecule has 16 heavy (non-hydrogen) atoms. The molecule has 0 aliphatic rings. The first-order chi connectivity index (χ1) is 7.79. The van der Waals surface area contributed by atoms with Gasteiger partial charge in [0, 0.05) is 0 Å². The summed E-state index contributed by atoms with van der Waals surface area (Å²) in [7, 11) is 0. The van der Waals surface area contributed by atoms with Gasteiger partial charge in [-0.2, -0.15) is 5.26 Å². The first-order valence-electron chi connectivity index (χ1n) is 5.02. The van der Waals surface area contributed by atoms with Gasteiger partial charge in [-0.05, 0) is 29.7 Å². The lowest BCUT2D eigenvalue weighted by atomic mass is 10.0. The maximum atomic E-state index is 13.3. The third kappa shape index (κ3) is 2.26. The molecule has 2 heteroatoms. The van der Waals surface area contributed by atoms with Crippen LogP contribution in [0.4, 0.5) is 4.39 Å². The van der Waals surface area contributed by atoms with Crippen molar-refractivity contribution in [3.63, 3.8) is 0 Å². The molecule has 1 nitrogen and oxygen atoms in total. The van der Waals surface area contributed by atoms with Gasteiger partial charge in [0.2, 0.25) is 0 Å². The van der Waals surface area contributed by atoms with Crippen LogP contribution in [0, 0.1) is 17.1 Å². The van der Waals surface area contributed by atoms with E-state index in [-0.39, 0.29) is 5.56 Å². The third-order valence-electron chi connectivity index (χ3n) is 2.41. The topological polar surface area (TPSA) is 23.8 Å². The summed E-state index contributed by atoms with van der Waals surface area (Å²) >= 11 is 0. The maximum Gasteiger partial charge on any atom is 0.141 e. The van der Waals surface area contributed by atoms with Gasteiger partial charge in [0.1, 0.15) is 11.9 Å². The van der Waals surface area contributed by atoms with Crippen molar-refractivity contribution in [2.45, 2.75) is 6.42 Å². The zero-order valence-electron chi connectivity index (χ0n) is 8.65. The summed E-state index contributed by atoms with van der Waals surface area (Å²) in [6.07, 6.45) is 0.684. The average molecular weight is 211 g/mol. The Hall–Kier alpha value is -2.14. The fraction of sp³-hybridized carbons (Fsp3) is 0.0714. The van der Waals surface area contributed by atoms with Crippen LogP contribution in [0.5, 0.6) is 0 Å². The Morgan fingerprint density at radius 2 is 1.75 bits per heavy atom. The van der Waals surface area contributed by atoms with Gasteiger partial charge < -0.3 is 0 Å². The molecule has 78 valence electrons. The Balaban J connectivity index is 2.24. The molecule has 0 fully saturated rings. The van der Waals surface area contributed by atoms with Gasteiger partial charge in [-0.3, -0.25) is 0 Å². The van der Waals surface area contributed by atoms with Gasteiger partial charge in [0.25, 0.3) is 0 Å². The summed E-state index contributed by atoms with van der Waals surface area (Å²) in [6.45, 7) is 0. The van der Waals surface area contributed by atoms with E-state index in [1.165, 1.54) is 12.1 Å². The van der Waals surface area contributed by atoms with Gasteiger partial charge in [-0.25, -0.2) is 4.39 Å². The van der Waals surface area contributed by atoms with Crippen LogP contribution in [-0.4, -0.2) is 0 Å². The Bertz CT molecular complexity index is 526. The number of hydrogen-bond donors (Lipinski definition) is 0. The zero-order chi connectivity index (χ0) is 11.4. The van der Waals surface area contributed by atoms with Crippen LogP contribution in [0.15, 0.2) is 48.5 Å². The van der Waals surface area contributed by atoms with E-state index >= 15 is 0 Å². The summed E-state index contributed by atoms with van der Waals surface area (Å²) in [6, 6.07) is 16.4. The van der Waals surface area contributed by atoms with Crippen molar-refractivity contribution < 1.29 is 4.39 Å². The average Bonchev–Trinajstić information content (AvgIpc) is 2.31. The molecule has 0 saturated heterocycles. The molecular formula is C14H10FN. The normalized spacial score (nSPS) is 9.75. The molecule has 0 spiro atoms. The van der Waals surface area contributed by atoms with Gasteiger partial charge in [-0.1, -0.05) is 36.4 Å². The lowest BCUT2D eigenvalue weighted by Crippen LogP contribution is -1.91. The van der Waals surface area contributed by atoms with E-state index < -0.39 is 5.82 Å². The zero-order valence-corrected chi connectivity index (χ0v) is 8.65. The van der Waals surface area contributed by atoms with Crippen molar-refractivity contribution in [1.82, 2.24) is 0 Å². The van der Waals surface area contributed by atoms with E-state index in [4.69, 9.17) is 5.26 Å². The minimum absolute atomic E-state index is 0.0943. The minimum atomic E-state index is -0.448. The van der Waals surface area contributed by atoms with Crippen LogP contribution >= 0.6 is 0 Å². The lowest BCUT2D eigenvalue weighted by molar-refractivity contribution is 0.622. The van der Waals surface area contributed by atoms with Crippen molar-refractivity contribution in [2.75, 3.05) is 0 Å². The van der Waals surface area contributed by atoms with Crippen molar-refractivity contribution in [3.8, 4) is 6.07 Å². The smallest absolute Gasteiger partial charge is 0.141 e. The number of nitrogens with zero attached hydrogens (tertiary/aromatic N) is 1. The highest BCUT2D eigenvalue weighted by molar-refractivity contribution is 5.35. The standard InChI is InChI=1S/C14H10FN/c15-14-9-12(6-7-13(14)10-16)8-11-4-2-1-3-5-11/h1-7,9H,8H2. The molecule has 0 heterocycles. The van der Waals surface area contributed by atoms with Gasteiger partial charge in [-0.15, -0.1) is 0 Å². The molecular weight excluding hydrogens is 201 g/mol. The monoisotopic (exact) mass is 211 g/mol. The SMILES string of the molecule is N#Cc1ccc(Cc2ccccc2)cc1F. The van der Waals surface area contributed by atoms with Crippen molar-refractivity contribution in [3.05, 3.63) is 71.0 Å². The minimum Gasteiger partial charge on any atom is -0.206 e. The number of hydrogen-bond acceptors (Lipinski definition) is 1. The summed E-state index contributed by atoms with van der Waals surface area (Å²) < 4.78 is 13.3. The molecule has 2 aromatic carbocycles. The molecule has 2 rings (SSSR count). The van der Waals surface area contributed by atoms with Crippen LogP contribution < -0.4 is 0 Å². The molecule has 0 amide bonds. The van der Waals surface area contributed by atoms with E-state index in [1.54, 1.807) is 6.07 Å². The Morgan fingerprint density at radius 3 is 2.38 bits per heavy atom. The van der Waals surface area contributed by atoms with Crippen molar-refractivity contribution >= 4 is 0 Å². The van der Waals surface area contributed by atoms with E-state index in [2.05, 4.69) is 0 Å². The molecule has 0 radical (unpaired) electrons.